The summed E-state index contributed by atoms with van der Waals surface area (Å²) in [4.78, 5) is 22.6. The Morgan fingerprint density at radius 3 is 2.50 bits per heavy atom. The molecule has 0 heterocycles. The highest BCUT2D eigenvalue weighted by molar-refractivity contribution is 6.31. The van der Waals surface area contributed by atoms with Crippen LogP contribution in [0.3, 0.4) is 0 Å². The zero-order valence-corrected chi connectivity index (χ0v) is 12.4. The van der Waals surface area contributed by atoms with Gasteiger partial charge in [0.05, 0.1) is 5.56 Å². The molecule has 0 saturated carbocycles. The van der Waals surface area contributed by atoms with Crippen molar-refractivity contribution in [1.82, 2.24) is 0 Å². The van der Waals surface area contributed by atoms with E-state index in [1.807, 2.05) is 0 Å². The fourth-order valence-electron chi connectivity index (χ4n) is 1.90. The van der Waals surface area contributed by atoms with Crippen LogP contribution in [-0.4, -0.2) is 17.0 Å². The summed E-state index contributed by atoms with van der Waals surface area (Å²) in [5.74, 6) is -1.18. The Kier molecular flexibility index (Phi) is 7.09. The Hall–Kier alpha value is -1.55. The predicted octanol–water partition coefficient (Wildman–Crippen LogP) is 4.34. The second kappa shape index (κ2) is 8.59. The van der Waals surface area contributed by atoms with Gasteiger partial charge in [0.2, 0.25) is 5.91 Å². The third kappa shape index (κ3) is 6.06. The van der Waals surface area contributed by atoms with E-state index in [0.717, 1.165) is 19.3 Å². The number of halogens is 1. The highest BCUT2D eigenvalue weighted by atomic mass is 35.5. The summed E-state index contributed by atoms with van der Waals surface area (Å²) in [6.07, 6.45) is 5.84. The van der Waals surface area contributed by atoms with Crippen LogP contribution >= 0.6 is 11.6 Å². The molecule has 0 saturated heterocycles. The second-order valence-corrected chi connectivity index (χ2v) is 5.18. The first kappa shape index (κ1) is 16.5. The van der Waals surface area contributed by atoms with E-state index in [9.17, 15) is 9.59 Å². The minimum Gasteiger partial charge on any atom is -0.478 e. The summed E-state index contributed by atoms with van der Waals surface area (Å²) in [5, 5.41) is 11.9. The summed E-state index contributed by atoms with van der Waals surface area (Å²) < 4.78 is 0. The van der Waals surface area contributed by atoms with Crippen LogP contribution in [0.2, 0.25) is 5.02 Å². The number of nitrogens with one attached hydrogen (secondary N) is 1. The molecule has 20 heavy (non-hydrogen) atoms. The molecule has 0 fully saturated rings. The summed E-state index contributed by atoms with van der Waals surface area (Å²) >= 11 is 5.82. The number of anilines is 1. The number of rotatable bonds is 8. The van der Waals surface area contributed by atoms with Crippen LogP contribution in [0.1, 0.15) is 55.8 Å². The van der Waals surface area contributed by atoms with Gasteiger partial charge in [-0.15, -0.1) is 0 Å². The minimum absolute atomic E-state index is 0.0655. The molecule has 4 nitrogen and oxygen atoms in total. The highest BCUT2D eigenvalue weighted by Crippen LogP contribution is 2.19. The first-order chi connectivity index (χ1) is 9.52. The molecule has 110 valence electrons. The Morgan fingerprint density at radius 2 is 1.85 bits per heavy atom. The summed E-state index contributed by atoms with van der Waals surface area (Å²) in [7, 11) is 0. The van der Waals surface area contributed by atoms with E-state index in [1.54, 1.807) is 6.07 Å². The van der Waals surface area contributed by atoms with E-state index < -0.39 is 5.97 Å². The van der Waals surface area contributed by atoms with Gasteiger partial charge in [-0.1, -0.05) is 44.2 Å². The number of hydrogen-bond donors (Lipinski definition) is 2. The van der Waals surface area contributed by atoms with Gasteiger partial charge in [0.1, 0.15) is 0 Å². The van der Waals surface area contributed by atoms with Crippen molar-refractivity contribution >= 4 is 29.2 Å². The van der Waals surface area contributed by atoms with E-state index in [0.29, 0.717) is 17.1 Å². The number of carbonyl (C=O) groups is 2. The topological polar surface area (TPSA) is 66.4 Å². The van der Waals surface area contributed by atoms with Crippen molar-refractivity contribution in [2.24, 2.45) is 0 Å². The number of benzene rings is 1. The van der Waals surface area contributed by atoms with Crippen molar-refractivity contribution in [3.8, 4) is 0 Å². The molecule has 0 spiro atoms. The van der Waals surface area contributed by atoms with Gasteiger partial charge in [0.25, 0.3) is 0 Å². The number of carboxylic acid groups (broad SMARTS) is 1. The van der Waals surface area contributed by atoms with Crippen LogP contribution in [0.15, 0.2) is 18.2 Å². The van der Waals surface area contributed by atoms with Crippen LogP contribution < -0.4 is 5.32 Å². The molecule has 1 aromatic carbocycles. The first-order valence-corrected chi connectivity index (χ1v) is 7.24. The fraction of sp³-hybridized carbons (Fsp3) is 0.467. The second-order valence-electron chi connectivity index (χ2n) is 4.75. The van der Waals surface area contributed by atoms with E-state index >= 15 is 0 Å². The van der Waals surface area contributed by atoms with Gasteiger partial charge in [-0.3, -0.25) is 4.79 Å². The fourth-order valence-corrected chi connectivity index (χ4v) is 2.13. The van der Waals surface area contributed by atoms with Crippen molar-refractivity contribution in [2.75, 3.05) is 5.32 Å². The lowest BCUT2D eigenvalue weighted by Crippen LogP contribution is -2.11. The number of hydrogen-bond acceptors (Lipinski definition) is 2. The van der Waals surface area contributed by atoms with Gasteiger partial charge in [-0.2, -0.15) is 0 Å². The SMILES string of the molecule is CCCCCCCC(=O)Nc1cc(Cl)cc(C(=O)O)c1. The van der Waals surface area contributed by atoms with Crippen molar-refractivity contribution in [1.29, 1.82) is 0 Å². The van der Waals surface area contributed by atoms with E-state index in [1.165, 1.54) is 25.0 Å². The van der Waals surface area contributed by atoms with Gasteiger partial charge >= 0.3 is 5.97 Å². The highest BCUT2D eigenvalue weighted by Gasteiger charge is 2.08. The Bertz CT molecular complexity index is 474. The van der Waals surface area contributed by atoms with Crippen LogP contribution in [0.4, 0.5) is 5.69 Å². The largest absolute Gasteiger partial charge is 0.478 e. The monoisotopic (exact) mass is 297 g/mol. The molecule has 0 aliphatic heterocycles. The number of amides is 1. The number of carbonyl (C=O) groups excluding carboxylic acids is 1. The molecule has 0 aromatic heterocycles. The molecule has 0 aliphatic carbocycles. The molecule has 1 rings (SSSR count). The molecule has 2 N–H and O–H groups in total. The predicted molar refractivity (Wildman–Crippen MR) is 80.4 cm³/mol. The maximum Gasteiger partial charge on any atom is 0.335 e. The van der Waals surface area contributed by atoms with Crippen molar-refractivity contribution in [3.63, 3.8) is 0 Å². The Morgan fingerprint density at radius 1 is 1.15 bits per heavy atom. The smallest absolute Gasteiger partial charge is 0.335 e. The van der Waals surface area contributed by atoms with Crippen LogP contribution in [0.5, 0.6) is 0 Å². The lowest BCUT2D eigenvalue weighted by Gasteiger charge is -2.07. The first-order valence-electron chi connectivity index (χ1n) is 6.86. The average Bonchev–Trinajstić information content (AvgIpc) is 2.37. The van der Waals surface area contributed by atoms with Crippen LogP contribution in [0.25, 0.3) is 0 Å². The minimum atomic E-state index is -1.07. The van der Waals surface area contributed by atoms with Crippen LogP contribution in [-0.2, 0) is 4.79 Å². The maximum absolute atomic E-state index is 11.7. The van der Waals surface area contributed by atoms with Crippen molar-refractivity contribution in [3.05, 3.63) is 28.8 Å². The molecule has 1 amide bonds. The zero-order chi connectivity index (χ0) is 15.0. The zero-order valence-electron chi connectivity index (χ0n) is 11.6. The third-order valence-corrected chi connectivity index (χ3v) is 3.15. The number of aromatic carboxylic acids is 1. The number of unbranched alkanes of at least 4 members (excludes halogenated alkanes) is 4. The molecule has 5 heteroatoms. The standard InChI is InChI=1S/C15H20ClNO3/c1-2-3-4-5-6-7-14(18)17-13-9-11(15(19)20)8-12(16)10-13/h8-10H,2-7H2,1H3,(H,17,18)(H,19,20). The Labute approximate surface area is 124 Å². The van der Waals surface area contributed by atoms with Crippen molar-refractivity contribution < 1.29 is 14.7 Å². The molecule has 1 aromatic rings. The van der Waals surface area contributed by atoms with Crippen molar-refractivity contribution in [2.45, 2.75) is 45.4 Å². The van der Waals surface area contributed by atoms with Gasteiger partial charge in [-0.25, -0.2) is 4.79 Å². The molecule has 0 aliphatic rings. The molecule has 0 atom stereocenters. The maximum atomic E-state index is 11.7. The van der Waals surface area contributed by atoms with E-state index in [2.05, 4.69) is 12.2 Å². The summed E-state index contributed by atoms with van der Waals surface area (Å²) in [6.45, 7) is 2.14. The van der Waals surface area contributed by atoms with E-state index in [4.69, 9.17) is 16.7 Å². The van der Waals surface area contributed by atoms with Gasteiger partial charge < -0.3 is 10.4 Å². The molecule has 0 radical (unpaired) electrons. The molecule has 0 bridgehead atoms. The average molecular weight is 298 g/mol. The number of carboxylic acids is 1. The summed E-state index contributed by atoms with van der Waals surface area (Å²) in [6, 6.07) is 4.30. The van der Waals surface area contributed by atoms with E-state index in [-0.39, 0.29) is 11.5 Å². The van der Waals surface area contributed by atoms with Gasteiger partial charge in [0, 0.05) is 17.1 Å². The lowest BCUT2D eigenvalue weighted by molar-refractivity contribution is -0.116. The van der Waals surface area contributed by atoms with Crippen LogP contribution in [0, 0.1) is 0 Å². The normalized spacial score (nSPS) is 10.3. The Balaban J connectivity index is 2.47. The lowest BCUT2D eigenvalue weighted by atomic mass is 10.1. The molecular weight excluding hydrogens is 278 g/mol. The van der Waals surface area contributed by atoms with Gasteiger partial charge in [-0.05, 0) is 24.6 Å². The molecular formula is C15H20ClNO3. The quantitative estimate of drug-likeness (QED) is 0.702. The molecule has 0 unspecified atom stereocenters. The van der Waals surface area contributed by atoms with Gasteiger partial charge in [0.15, 0.2) is 0 Å². The summed E-state index contributed by atoms with van der Waals surface area (Å²) in [5.41, 5.74) is 0.490. The third-order valence-electron chi connectivity index (χ3n) is 2.94.